The highest BCUT2D eigenvalue weighted by atomic mass is 16.5. The van der Waals surface area contributed by atoms with Crippen LogP contribution in [0.4, 0.5) is 5.69 Å². The van der Waals surface area contributed by atoms with Crippen LogP contribution in [0.15, 0.2) is 18.2 Å². The van der Waals surface area contributed by atoms with Crippen LogP contribution in [0.2, 0.25) is 0 Å². The van der Waals surface area contributed by atoms with Gasteiger partial charge in [0, 0.05) is 19.0 Å². The molecule has 1 aromatic rings. The number of hydrogen-bond donors (Lipinski definition) is 1. The molecule has 0 aliphatic heterocycles. The summed E-state index contributed by atoms with van der Waals surface area (Å²) in [6, 6.07) is 5.39. The van der Waals surface area contributed by atoms with Gasteiger partial charge >= 0.3 is 0 Å². The molecule has 1 aromatic carbocycles. The third-order valence-electron chi connectivity index (χ3n) is 4.33. The number of anilines is 1. The van der Waals surface area contributed by atoms with Crippen LogP contribution in [-0.2, 0) is 9.59 Å². The quantitative estimate of drug-likeness (QED) is 0.868. The first kappa shape index (κ1) is 18.1. The highest BCUT2D eigenvalue weighted by Gasteiger charge is 2.22. The second kappa shape index (κ2) is 8.57. The van der Waals surface area contributed by atoms with Gasteiger partial charge in [0.2, 0.25) is 11.8 Å². The molecule has 0 heterocycles. The van der Waals surface area contributed by atoms with Gasteiger partial charge in [-0.25, -0.2) is 0 Å². The van der Waals surface area contributed by atoms with Gasteiger partial charge in [0.15, 0.2) is 0 Å². The lowest BCUT2D eigenvalue weighted by Gasteiger charge is -2.26. The number of nitrogens with zero attached hydrogens (tertiary/aromatic N) is 1. The van der Waals surface area contributed by atoms with E-state index in [0.29, 0.717) is 17.2 Å². The monoisotopic (exact) mass is 334 g/mol. The number of amides is 2. The maximum Gasteiger partial charge on any atom is 0.240 e. The van der Waals surface area contributed by atoms with E-state index in [9.17, 15) is 9.59 Å². The molecule has 0 radical (unpaired) electrons. The Morgan fingerprint density at radius 3 is 2.46 bits per heavy atom. The van der Waals surface area contributed by atoms with Crippen LogP contribution >= 0.6 is 0 Å². The summed E-state index contributed by atoms with van der Waals surface area (Å²) >= 11 is 0. The average molecular weight is 334 g/mol. The number of carbonyl (C=O) groups excluding carboxylic acids is 2. The molecule has 132 valence electrons. The Morgan fingerprint density at radius 1 is 1.17 bits per heavy atom. The lowest BCUT2D eigenvalue weighted by molar-refractivity contribution is -0.123. The van der Waals surface area contributed by atoms with E-state index in [1.165, 1.54) is 25.4 Å². The summed E-state index contributed by atoms with van der Waals surface area (Å²) in [5.74, 6) is 0.771. The van der Waals surface area contributed by atoms with Gasteiger partial charge in [-0.1, -0.05) is 19.3 Å². The molecule has 6 heteroatoms. The second-order valence-corrected chi connectivity index (χ2v) is 6.05. The van der Waals surface area contributed by atoms with Crippen molar-refractivity contribution in [2.24, 2.45) is 0 Å². The van der Waals surface area contributed by atoms with Crippen molar-refractivity contribution in [1.82, 2.24) is 5.32 Å². The Hall–Kier alpha value is -2.24. The summed E-state index contributed by atoms with van der Waals surface area (Å²) in [4.78, 5) is 25.8. The van der Waals surface area contributed by atoms with Crippen LogP contribution in [0.3, 0.4) is 0 Å². The number of carbonyl (C=O) groups is 2. The largest absolute Gasteiger partial charge is 0.497 e. The molecule has 0 aromatic heterocycles. The molecule has 1 aliphatic rings. The minimum atomic E-state index is -0.211. The molecule has 0 saturated heterocycles. The summed E-state index contributed by atoms with van der Waals surface area (Å²) in [6.45, 7) is 1.42. The SMILES string of the molecule is COc1ccc(N(CC(=O)NC2CCCCC2)C(C)=O)c(OC)c1. The van der Waals surface area contributed by atoms with Crippen molar-refractivity contribution < 1.29 is 19.1 Å². The molecule has 2 rings (SSSR count). The first-order valence-electron chi connectivity index (χ1n) is 8.34. The van der Waals surface area contributed by atoms with Gasteiger partial charge in [-0.3, -0.25) is 14.5 Å². The molecular formula is C18H26N2O4. The number of rotatable bonds is 6. The minimum absolute atomic E-state index is 0.0193. The van der Waals surface area contributed by atoms with E-state index in [1.807, 2.05) is 0 Å². The number of hydrogen-bond acceptors (Lipinski definition) is 4. The van der Waals surface area contributed by atoms with Crippen molar-refractivity contribution in [3.05, 3.63) is 18.2 Å². The van der Waals surface area contributed by atoms with Gasteiger partial charge in [-0.15, -0.1) is 0 Å². The fourth-order valence-corrected chi connectivity index (χ4v) is 3.04. The Kier molecular flexibility index (Phi) is 6.46. The van der Waals surface area contributed by atoms with Crippen molar-refractivity contribution in [3.63, 3.8) is 0 Å². The molecular weight excluding hydrogens is 308 g/mol. The standard InChI is InChI=1S/C18H26N2O4/c1-13(21)20(12-18(22)19-14-7-5-4-6-8-14)16-10-9-15(23-2)11-17(16)24-3/h9-11,14H,4-8,12H2,1-3H3,(H,19,22). The molecule has 1 aliphatic carbocycles. The van der Waals surface area contributed by atoms with Crippen LogP contribution in [-0.4, -0.2) is 38.6 Å². The predicted molar refractivity (Wildman–Crippen MR) is 92.6 cm³/mol. The zero-order chi connectivity index (χ0) is 17.5. The normalized spacial score (nSPS) is 14.8. The summed E-state index contributed by atoms with van der Waals surface area (Å²) in [6.07, 6.45) is 5.55. The highest BCUT2D eigenvalue weighted by Crippen LogP contribution is 2.32. The second-order valence-electron chi connectivity index (χ2n) is 6.05. The number of benzene rings is 1. The van der Waals surface area contributed by atoms with Crippen LogP contribution in [0.1, 0.15) is 39.0 Å². The first-order chi connectivity index (χ1) is 11.5. The molecule has 2 amide bonds. The third-order valence-corrected chi connectivity index (χ3v) is 4.33. The van der Waals surface area contributed by atoms with Crippen molar-refractivity contribution in [2.75, 3.05) is 25.7 Å². The molecule has 1 fully saturated rings. The minimum Gasteiger partial charge on any atom is -0.497 e. The molecule has 6 nitrogen and oxygen atoms in total. The maximum absolute atomic E-state index is 12.4. The van der Waals surface area contributed by atoms with Gasteiger partial charge in [0.05, 0.1) is 19.9 Å². The molecule has 1 N–H and O–H groups in total. The smallest absolute Gasteiger partial charge is 0.240 e. The van der Waals surface area contributed by atoms with Gasteiger partial charge in [0.1, 0.15) is 18.0 Å². The van der Waals surface area contributed by atoms with Crippen molar-refractivity contribution in [3.8, 4) is 11.5 Å². The molecule has 0 bridgehead atoms. The maximum atomic E-state index is 12.4. The van der Waals surface area contributed by atoms with E-state index in [2.05, 4.69) is 5.32 Å². The molecule has 0 unspecified atom stereocenters. The Bertz CT molecular complexity index is 582. The van der Waals surface area contributed by atoms with E-state index >= 15 is 0 Å². The van der Waals surface area contributed by atoms with Crippen LogP contribution in [0.25, 0.3) is 0 Å². The molecule has 1 saturated carbocycles. The summed E-state index contributed by atoms with van der Waals surface area (Å²) in [5.41, 5.74) is 0.560. The predicted octanol–water partition coefficient (Wildman–Crippen LogP) is 2.51. The topological polar surface area (TPSA) is 67.9 Å². The van der Waals surface area contributed by atoms with E-state index in [4.69, 9.17) is 9.47 Å². The summed E-state index contributed by atoms with van der Waals surface area (Å²) < 4.78 is 10.5. The van der Waals surface area contributed by atoms with Crippen LogP contribution in [0, 0.1) is 0 Å². The molecule has 0 atom stereocenters. The summed E-state index contributed by atoms with van der Waals surface area (Å²) in [7, 11) is 3.09. The van der Waals surface area contributed by atoms with E-state index in [0.717, 1.165) is 25.7 Å². The van der Waals surface area contributed by atoms with E-state index in [1.54, 1.807) is 25.3 Å². The van der Waals surface area contributed by atoms with Crippen LogP contribution in [0.5, 0.6) is 11.5 Å². The molecule has 0 spiro atoms. The van der Waals surface area contributed by atoms with Crippen molar-refractivity contribution in [2.45, 2.75) is 45.1 Å². The number of nitrogens with one attached hydrogen (secondary N) is 1. The fourth-order valence-electron chi connectivity index (χ4n) is 3.04. The zero-order valence-corrected chi connectivity index (χ0v) is 14.6. The molecule has 24 heavy (non-hydrogen) atoms. The van der Waals surface area contributed by atoms with Gasteiger partial charge in [-0.2, -0.15) is 0 Å². The lowest BCUT2D eigenvalue weighted by Crippen LogP contribution is -2.44. The van der Waals surface area contributed by atoms with Crippen molar-refractivity contribution >= 4 is 17.5 Å². The van der Waals surface area contributed by atoms with Gasteiger partial charge in [0.25, 0.3) is 0 Å². The van der Waals surface area contributed by atoms with Crippen molar-refractivity contribution in [1.29, 1.82) is 0 Å². The zero-order valence-electron chi connectivity index (χ0n) is 14.6. The lowest BCUT2D eigenvalue weighted by atomic mass is 9.95. The van der Waals surface area contributed by atoms with Crippen LogP contribution < -0.4 is 19.7 Å². The number of ether oxygens (including phenoxy) is 2. The Balaban J connectivity index is 2.11. The van der Waals surface area contributed by atoms with E-state index in [-0.39, 0.29) is 24.4 Å². The van der Waals surface area contributed by atoms with Gasteiger partial charge in [-0.05, 0) is 25.0 Å². The summed E-state index contributed by atoms with van der Waals surface area (Å²) in [5, 5.41) is 3.04. The Labute approximate surface area is 143 Å². The van der Waals surface area contributed by atoms with E-state index < -0.39 is 0 Å². The fraction of sp³-hybridized carbons (Fsp3) is 0.556. The average Bonchev–Trinajstić information content (AvgIpc) is 2.59. The first-order valence-corrected chi connectivity index (χ1v) is 8.34. The van der Waals surface area contributed by atoms with Gasteiger partial charge < -0.3 is 14.8 Å². The Morgan fingerprint density at radius 2 is 1.88 bits per heavy atom. The number of methoxy groups -OCH3 is 2. The third kappa shape index (κ3) is 4.63. The highest BCUT2D eigenvalue weighted by molar-refractivity contribution is 5.98.